The van der Waals surface area contributed by atoms with Gasteiger partial charge in [0.1, 0.15) is 0 Å². The first-order valence-electron chi connectivity index (χ1n) is 9.29. The lowest BCUT2D eigenvalue weighted by molar-refractivity contribution is 0.102. The van der Waals surface area contributed by atoms with Gasteiger partial charge in [-0.05, 0) is 30.3 Å². The summed E-state index contributed by atoms with van der Waals surface area (Å²) in [5, 5.41) is 14.6. The van der Waals surface area contributed by atoms with Gasteiger partial charge >= 0.3 is 0 Å². The Labute approximate surface area is 212 Å². The predicted octanol–water partition coefficient (Wildman–Crippen LogP) is 4.62. The van der Waals surface area contributed by atoms with Gasteiger partial charge in [-0.25, -0.2) is 8.42 Å². The summed E-state index contributed by atoms with van der Waals surface area (Å²) in [5.41, 5.74) is 0.698. The highest BCUT2D eigenvalue weighted by Crippen LogP contribution is 2.27. The third-order valence-electron chi connectivity index (χ3n) is 4.37. The Hall–Kier alpha value is -2.61. The molecular weight excluding hydrogens is 547 g/mol. The van der Waals surface area contributed by atoms with Crippen LogP contribution in [0.4, 0.5) is 5.13 Å². The average molecular weight is 560 g/mol. The minimum atomic E-state index is -4.06. The van der Waals surface area contributed by atoms with E-state index in [2.05, 4.69) is 25.7 Å². The molecule has 0 spiro atoms. The molecule has 2 aromatic carbocycles. The van der Waals surface area contributed by atoms with E-state index >= 15 is 0 Å². The summed E-state index contributed by atoms with van der Waals surface area (Å²) in [6.07, 6.45) is 0. The van der Waals surface area contributed by atoms with Crippen molar-refractivity contribution in [3.63, 3.8) is 0 Å². The van der Waals surface area contributed by atoms with Crippen molar-refractivity contribution in [3.8, 4) is 11.4 Å². The molecule has 0 fully saturated rings. The number of hydrogen-bond donors (Lipinski definition) is 1. The highest BCUT2D eigenvalue weighted by atomic mass is 35.5. The van der Waals surface area contributed by atoms with E-state index in [9.17, 15) is 13.2 Å². The molecule has 0 saturated heterocycles. The fourth-order valence-electron chi connectivity index (χ4n) is 2.68. The van der Waals surface area contributed by atoms with Crippen LogP contribution in [0.15, 0.2) is 51.3 Å². The summed E-state index contributed by atoms with van der Waals surface area (Å²) >= 11 is 18.7. The van der Waals surface area contributed by atoms with Gasteiger partial charge in [-0.15, -0.1) is 10.2 Å². The van der Waals surface area contributed by atoms with Crippen molar-refractivity contribution in [3.05, 3.63) is 69.0 Å². The fraction of sp³-hybridized carbons (Fsp3) is 0.105. The summed E-state index contributed by atoms with van der Waals surface area (Å²) < 4.78 is 31.6. The van der Waals surface area contributed by atoms with Gasteiger partial charge in [-0.3, -0.25) is 10.1 Å². The number of sulfonamides is 1. The van der Waals surface area contributed by atoms with Crippen LogP contribution in [0.1, 0.15) is 16.2 Å². The lowest BCUT2D eigenvalue weighted by Gasteiger charge is -2.11. The molecule has 0 atom stereocenters. The highest BCUT2D eigenvalue weighted by Gasteiger charge is 2.28. The van der Waals surface area contributed by atoms with Crippen LogP contribution in [0, 0.1) is 0 Å². The molecule has 1 N–H and O–H groups in total. The summed E-state index contributed by atoms with van der Waals surface area (Å²) in [6.45, 7) is -0.221. The number of nitrogens with zero attached hydrogens (tertiary/aromatic N) is 5. The quantitative estimate of drug-likeness (QED) is 0.325. The molecule has 2 aromatic heterocycles. The number of aromatic nitrogens is 4. The molecular formula is C19H13Cl3N6O4S2. The SMILES string of the molecule is CN(Cc1nc(-c2ccccc2Cl)no1)S(=O)(=O)c1nnc(NC(=O)c2ccc(Cl)cc2Cl)s1. The van der Waals surface area contributed by atoms with Crippen molar-refractivity contribution in [1.82, 2.24) is 24.6 Å². The highest BCUT2D eigenvalue weighted by molar-refractivity contribution is 7.91. The van der Waals surface area contributed by atoms with Gasteiger partial charge < -0.3 is 4.52 Å². The first-order chi connectivity index (χ1) is 16.1. The van der Waals surface area contributed by atoms with E-state index in [0.717, 1.165) is 4.31 Å². The van der Waals surface area contributed by atoms with Crippen LogP contribution in [0.2, 0.25) is 15.1 Å². The second-order valence-electron chi connectivity index (χ2n) is 6.70. The Morgan fingerprint density at radius 1 is 1.12 bits per heavy atom. The van der Waals surface area contributed by atoms with Gasteiger partial charge in [0.05, 0.1) is 22.2 Å². The maximum atomic E-state index is 12.9. The minimum absolute atomic E-state index is 0.0261. The zero-order chi connectivity index (χ0) is 24.5. The number of nitrogens with one attached hydrogen (secondary N) is 1. The smallest absolute Gasteiger partial charge is 0.272 e. The van der Waals surface area contributed by atoms with E-state index < -0.39 is 15.9 Å². The molecule has 0 aliphatic rings. The van der Waals surface area contributed by atoms with Crippen molar-refractivity contribution in [2.45, 2.75) is 10.9 Å². The van der Waals surface area contributed by atoms with Gasteiger partial charge in [0.2, 0.25) is 21.2 Å². The molecule has 0 aliphatic carbocycles. The Balaban J connectivity index is 1.46. The van der Waals surface area contributed by atoms with Crippen molar-refractivity contribution in [1.29, 1.82) is 0 Å². The number of anilines is 1. The van der Waals surface area contributed by atoms with E-state index in [1.807, 2.05) is 0 Å². The monoisotopic (exact) mass is 558 g/mol. The number of hydrogen-bond acceptors (Lipinski definition) is 9. The standard InChI is InChI=1S/C19H13Cl3N6O4S2/c1-28(9-15-23-16(27-32-15)11-4-2-3-5-13(11)21)34(30,31)19-26-25-18(33-19)24-17(29)12-7-6-10(20)8-14(12)22/h2-8H,9H2,1H3,(H,24,25,29). The van der Waals surface area contributed by atoms with Gasteiger partial charge in [-0.2, -0.15) is 9.29 Å². The van der Waals surface area contributed by atoms with Gasteiger partial charge in [-0.1, -0.05) is 63.4 Å². The number of amides is 1. The van der Waals surface area contributed by atoms with Crippen LogP contribution >= 0.6 is 46.1 Å². The van der Waals surface area contributed by atoms with Crippen LogP contribution in [-0.2, 0) is 16.6 Å². The largest absolute Gasteiger partial charge is 0.338 e. The number of rotatable bonds is 7. The van der Waals surface area contributed by atoms with Crippen molar-refractivity contribution in [2.75, 3.05) is 12.4 Å². The lowest BCUT2D eigenvalue weighted by Crippen LogP contribution is -2.26. The molecule has 10 nitrogen and oxygen atoms in total. The molecule has 4 aromatic rings. The Morgan fingerprint density at radius 3 is 2.62 bits per heavy atom. The maximum Gasteiger partial charge on any atom is 0.272 e. The molecule has 1 amide bonds. The summed E-state index contributed by atoms with van der Waals surface area (Å²) in [7, 11) is -2.74. The zero-order valence-electron chi connectivity index (χ0n) is 17.1. The molecule has 0 radical (unpaired) electrons. The predicted molar refractivity (Wildman–Crippen MR) is 128 cm³/mol. The topological polar surface area (TPSA) is 131 Å². The van der Waals surface area contributed by atoms with E-state index in [0.29, 0.717) is 26.9 Å². The van der Waals surface area contributed by atoms with Crippen LogP contribution in [0.25, 0.3) is 11.4 Å². The van der Waals surface area contributed by atoms with Crippen LogP contribution in [0.3, 0.4) is 0 Å². The van der Waals surface area contributed by atoms with E-state index in [1.54, 1.807) is 24.3 Å². The van der Waals surface area contributed by atoms with Crippen LogP contribution < -0.4 is 5.32 Å². The molecule has 0 aliphatic heterocycles. The van der Waals surface area contributed by atoms with Gasteiger partial charge in [0, 0.05) is 17.6 Å². The summed E-state index contributed by atoms with van der Waals surface area (Å²) in [6, 6.07) is 11.3. The molecule has 4 rings (SSSR count). The number of carbonyl (C=O) groups is 1. The number of benzene rings is 2. The normalized spacial score (nSPS) is 11.7. The van der Waals surface area contributed by atoms with Gasteiger partial charge in [0.25, 0.3) is 15.9 Å². The first kappa shape index (κ1) is 24.5. The molecule has 2 heterocycles. The van der Waals surface area contributed by atoms with Crippen molar-refractivity contribution >= 4 is 67.2 Å². The molecule has 0 saturated carbocycles. The third-order valence-corrected chi connectivity index (χ3v) is 8.24. The first-order valence-corrected chi connectivity index (χ1v) is 12.7. The second kappa shape index (κ2) is 9.94. The second-order valence-corrected chi connectivity index (χ2v) is 11.2. The van der Waals surface area contributed by atoms with E-state index in [1.165, 1.54) is 25.2 Å². The molecule has 34 heavy (non-hydrogen) atoms. The van der Waals surface area contributed by atoms with Crippen LogP contribution in [-0.4, -0.2) is 46.0 Å². The number of carbonyl (C=O) groups excluding carboxylic acids is 1. The van der Waals surface area contributed by atoms with Crippen LogP contribution in [0.5, 0.6) is 0 Å². The minimum Gasteiger partial charge on any atom is -0.338 e. The summed E-state index contributed by atoms with van der Waals surface area (Å²) in [4.78, 5) is 16.6. The Morgan fingerprint density at radius 2 is 1.88 bits per heavy atom. The third kappa shape index (κ3) is 5.22. The van der Waals surface area contributed by atoms with Crippen molar-refractivity contribution in [2.24, 2.45) is 0 Å². The molecule has 15 heteroatoms. The number of halogens is 3. The zero-order valence-corrected chi connectivity index (χ0v) is 21.0. The fourth-order valence-corrected chi connectivity index (χ4v) is 5.60. The maximum absolute atomic E-state index is 12.9. The Kier molecular flexibility index (Phi) is 7.17. The van der Waals surface area contributed by atoms with E-state index in [4.69, 9.17) is 39.3 Å². The Bertz CT molecular complexity index is 1470. The molecule has 0 bridgehead atoms. The summed E-state index contributed by atoms with van der Waals surface area (Å²) in [5.74, 6) is -0.308. The molecule has 0 unspecified atom stereocenters. The van der Waals surface area contributed by atoms with Gasteiger partial charge in [0.15, 0.2) is 0 Å². The van der Waals surface area contributed by atoms with E-state index in [-0.39, 0.29) is 38.3 Å². The average Bonchev–Trinajstić information content (AvgIpc) is 3.44. The molecule has 176 valence electrons. The van der Waals surface area contributed by atoms with Crippen molar-refractivity contribution < 1.29 is 17.7 Å². The lowest BCUT2D eigenvalue weighted by atomic mass is 10.2.